The predicted octanol–water partition coefficient (Wildman–Crippen LogP) is 2.54. The fourth-order valence-electron chi connectivity index (χ4n) is 2.53. The first-order chi connectivity index (χ1) is 9.08. The van der Waals surface area contributed by atoms with Gasteiger partial charge in [0, 0.05) is 18.8 Å². The maximum Gasteiger partial charge on any atom is 0.0628 e. The Hall–Kier alpha value is -1.61. The van der Waals surface area contributed by atoms with Crippen LogP contribution in [0.5, 0.6) is 0 Å². The molecule has 0 saturated carbocycles. The van der Waals surface area contributed by atoms with Gasteiger partial charge in [-0.1, -0.05) is 30.3 Å². The summed E-state index contributed by atoms with van der Waals surface area (Å²) in [6.07, 6.45) is 2.96. The van der Waals surface area contributed by atoms with Crippen LogP contribution in [-0.2, 0) is 19.9 Å². The zero-order chi connectivity index (χ0) is 13.8. The van der Waals surface area contributed by atoms with Crippen molar-refractivity contribution in [2.45, 2.75) is 39.2 Å². The molecule has 0 aliphatic heterocycles. The van der Waals surface area contributed by atoms with Gasteiger partial charge in [-0.2, -0.15) is 5.10 Å². The Morgan fingerprint density at radius 1 is 1.21 bits per heavy atom. The highest BCUT2D eigenvalue weighted by molar-refractivity contribution is 5.24. The summed E-state index contributed by atoms with van der Waals surface area (Å²) in [5.41, 5.74) is 11.3. The molecule has 0 fully saturated rings. The minimum atomic E-state index is 0.210. The molecule has 0 bridgehead atoms. The van der Waals surface area contributed by atoms with Crippen molar-refractivity contribution in [2.75, 3.05) is 0 Å². The van der Waals surface area contributed by atoms with Crippen molar-refractivity contribution in [3.63, 3.8) is 0 Å². The fraction of sp³-hybridized carbons (Fsp3) is 0.438. The van der Waals surface area contributed by atoms with Crippen LogP contribution in [0, 0.1) is 13.8 Å². The largest absolute Gasteiger partial charge is 0.327 e. The maximum absolute atomic E-state index is 6.23. The Bertz CT molecular complexity index is 528. The summed E-state index contributed by atoms with van der Waals surface area (Å²) in [6.45, 7) is 4.20. The molecule has 102 valence electrons. The zero-order valence-corrected chi connectivity index (χ0v) is 12.1. The van der Waals surface area contributed by atoms with Crippen LogP contribution in [0.4, 0.5) is 0 Å². The molecule has 1 unspecified atom stereocenters. The third kappa shape index (κ3) is 3.44. The highest BCUT2D eigenvalue weighted by atomic mass is 15.3. The van der Waals surface area contributed by atoms with Gasteiger partial charge in [-0.05, 0) is 44.2 Å². The molecule has 0 aliphatic carbocycles. The molecule has 1 aromatic heterocycles. The molecular weight excluding hydrogens is 234 g/mol. The van der Waals surface area contributed by atoms with Crippen molar-refractivity contribution in [1.29, 1.82) is 0 Å². The third-order valence-corrected chi connectivity index (χ3v) is 3.76. The standard InChI is InChI=1S/C16H23N3/c1-12-16(13(2)19(3)18-12)10-9-15(17)11-14-7-5-4-6-8-14/h4-8,15H,9-11,17H2,1-3H3. The first-order valence-electron chi connectivity index (χ1n) is 6.86. The van der Waals surface area contributed by atoms with Gasteiger partial charge in [-0.15, -0.1) is 0 Å². The highest BCUT2D eigenvalue weighted by Crippen LogP contribution is 2.15. The first-order valence-corrected chi connectivity index (χ1v) is 6.86. The van der Waals surface area contributed by atoms with E-state index in [1.54, 1.807) is 0 Å². The lowest BCUT2D eigenvalue weighted by molar-refractivity contribution is 0.608. The number of nitrogens with two attached hydrogens (primary N) is 1. The van der Waals surface area contributed by atoms with Crippen molar-refractivity contribution in [1.82, 2.24) is 9.78 Å². The third-order valence-electron chi connectivity index (χ3n) is 3.76. The Kier molecular flexibility index (Phi) is 4.38. The number of hydrogen-bond acceptors (Lipinski definition) is 2. The smallest absolute Gasteiger partial charge is 0.0628 e. The molecule has 2 rings (SSSR count). The van der Waals surface area contributed by atoms with Crippen LogP contribution in [0.3, 0.4) is 0 Å². The van der Waals surface area contributed by atoms with Gasteiger partial charge in [0.15, 0.2) is 0 Å². The van der Waals surface area contributed by atoms with Gasteiger partial charge in [0.1, 0.15) is 0 Å². The predicted molar refractivity (Wildman–Crippen MR) is 79.1 cm³/mol. The van der Waals surface area contributed by atoms with Crippen molar-refractivity contribution >= 4 is 0 Å². The zero-order valence-electron chi connectivity index (χ0n) is 12.1. The molecule has 3 nitrogen and oxygen atoms in total. The van der Waals surface area contributed by atoms with E-state index in [9.17, 15) is 0 Å². The summed E-state index contributed by atoms with van der Waals surface area (Å²) in [6, 6.07) is 10.7. The van der Waals surface area contributed by atoms with Crippen LogP contribution in [0.2, 0.25) is 0 Å². The molecule has 0 aliphatic rings. The molecule has 0 spiro atoms. The average molecular weight is 257 g/mol. The molecule has 1 aromatic carbocycles. The number of nitrogens with zero attached hydrogens (tertiary/aromatic N) is 2. The van der Waals surface area contributed by atoms with Crippen LogP contribution >= 0.6 is 0 Å². The summed E-state index contributed by atoms with van der Waals surface area (Å²) in [5, 5.41) is 4.45. The molecule has 1 heterocycles. The number of benzene rings is 1. The van der Waals surface area contributed by atoms with E-state index in [1.165, 1.54) is 16.8 Å². The molecule has 0 amide bonds. The Morgan fingerprint density at radius 2 is 1.89 bits per heavy atom. The Labute approximate surface area is 115 Å². The van der Waals surface area contributed by atoms with Crippen LogP contribution in [0.15, 0.2) is 30.3 Å². The summed E-state index contributed by atoms with van der Waals surface area (Å²) in [4.78, 5) is 0. The second-order valence-corrected chi connectivity index (χ2v) is 5.26. The lowest BCUT2D eigenvalue weighted by atomic mass is 9.99. The van der Waals surface area contributed by atoms with Gasteiger partial charge in [0.25, 0.3) is 0 Å². The average Bonchev–Trinajstić information content (AvgIpc) is 2.62. The summed E-state index contributed by atoms with van der Waals surface area (Å²) in [7, 11) is 2.00. The SMILES string of the molecule is Cc1nn(C)c(C)c1CCC(N)Cc1ccccc1. The monoisotopic (exact) mass is 257 g/mol. The van der Waals surface area contributed by atoms with Crippen LogP contribution < -0.4 is 5.73 Å². The first kappa shape index (κ1) is 13.8. The molecular formula is C16H23N3. The number of hydrogen-bond donors (Lipinski definition) is 1. The van der Waals surface area contributed by atoms with Crippen LogP contribution in [-0.4, -0.2) is 15.8 Å². The Balaban J connectivity index is 1.92. The minimum Gasteiger partial charge on any atom is -0.327 e. The van der Waals surface area contributed by atoms with Gasteiger partial charge in [-0.3, -0.25) is 4.68 Å². The fourth-order valence-corrected chi connectivity index (χ4v) is 2.53. The topological polar surface area (TPSA) is 43.8 Å². The van der Waals surface area contributed by atoms with Gasteiger partial charge < -0.3 is 5.73 Å². The lowest BCUT2D eigenvalue weighted by Crippen LogP contribution is -2.23. The van der Waals surface area contributed by atoms with Crippen LogP contribution in [0.1, 0.15) is 28.9 Å². The van der Waals surface area contributed by atoms with Crippen molar-refractivity contribution in [3.8, 4) is 0 Å². The van der Waals surface area contributed by atoms with E-state index in [4.69, 9.17) is 5.73 Å². The van der Waals surface area contributed by atoms with Crippen molar-refractivity contribution in [3.05, 3.63) is 52.8 Å². The van der Waals surface area contributed by atoms with Gasteiger partial charge in [0.05, 0.1) is 5.69 Å². The van der Waals surface area contributed by atoms with E-state index in [2.05, 4.69) is 43.2 Å². The van der Waals surface area contributed by atoms with E-state index >= 15 is 0 Å². The normalized spacial score (nSPS) is 12.6. The lowest BCUT2D eigenvalue weighted by Gasteiger charge is -2.11. The number of aryl methyl sites for hydroxylation is 2. The van der Waals surface area contributed by atoms with E-state index in [0.717, 1.165) is 25.0 Å². The molecule has 2 N–H and O–H groups in total. The van der Waals surface area contributed by atoms with Gasteiger partial charge in [-0.25, -0.2) is 0 Å². The highest BCUT2D eigenvalue weighted by Gasteiger charge is 2.11. The molecule has 0 saturated heterocycles. The molecule has 2 aromatic rings. The molecule has 0 radical (unpaired) electrons. The summed E-state index contributed by atoms with van der Waals surface area (Å²) >= 11 is 0. The van der Waals surface area contributed by atoms with E-state index in [-0.39, 0.29) is 6.04 Å². The van der Waals surface area contributed by atoms with E-state index in [0.29, 0.717) is 0 Å². The van der Waals surface area contributed by atoms with Crippen LogP contribution in [0.25, 0.3) is 0 Å². The van der Waals surface area contributed by atoms with Crippen molar-refractivity contribution < 1.29 is 0 Å². The number of aromatic nitrogens is 2. The van der Waals surface area contributed by atoms with Gasteiger partial charge >= 0.3 is 0 Å². The molecule has 1 atom stereocenters. The maximum atomic E-state index is 6.23. The van der Waals surface area contributed by atoms with E-state index < -0.39 is 0 Å². The van der Waals surface area contributed by atoms with Crippen molar-refractivity contribution in [2.24, 2.45) is 12.8 Å². The molecule has 19 heavy (non-hydrogen) atoms. The molecule has 3 heteroatoms. The minimum absolute atomic E-state index is 0.210. The second-order valence-electron chi connectivity index (χ2n) is 5.26. The summed E-state index contributed by atoms with van der Waals surface area (Å²) < 4.78 is 1.95. The van der Waals surface area contributed by atoms with Gasteiger partial charge in [0.2, 0.25) is 0 Å². The Morgan fingerprint density at radius 3 is 2.47 bits per heavy atom. The quantitative estimate of drug-likeness (QED) is 0.894. The second kappa shape index (κ2) is 6.02. The summed E-state index contributed by atoms with van der Waals surface area (Å²) in [5.74, 6) is 0. The number of rotatable bonds is 5. The van der Waals surface area contributed by atoms with E-state index in [1.807, 2.05) is 17.8 Å².